The van der Waals surface area contributed by atoms with Crippen LogP contribution in [0.5, 0.6) is 5.75 Å². The van der Waals surface area contributed by atoms with Crippen LogP contribution in [0.4, 0.5) is 0 Å². The topological polar surface area (TPSA) is 22.4 Å². The first kappa shape index (κ1) is 13.5. The van der Waals surface area contributed by atoms with Gasteiger partial charge in [0.1, 0.15) is 11.5 Å². The van der Waals surface area contributed by atoms with E-state index >= 15 is 0 Å². The van der Waals surface area contributed by atoms with Crippen LogP contribution in [0.3, 0.4) is 0 Å². The molecule has 3 rings (SSSR count). The van der Waals surface area contributed by atoms with Crippen molar-refractivity contribution in [1.82, 2.24) is 0 Å². The van der Waals surface area contributed by atoms with E-state index in [1.807, 2.05) is 42.5 Å². The molecule has 0 unspecified atom stereocenters. The summed E-state index contributed by atoms with van der Waals surface area (Å²) in [7, 11) is 0. The maximum Gasteiger partial charge on any atom is 0.133 e. The Hall–Kier alpha value is -2.48. The summed E-state index contributed by atoms with van der Waals surface area (Å²) in [5.74, 6) is 1.75. The number of ether oxygens (including phenoxy) is 1. The average Bonchev–Trinajstić information content (AvgIpc) is 3.07. The van der Waals surface area contributed by atoms with Crippen molar-refractivity contribution in [3.8, 4) is 17.1 Å². The summed E-state index contributed by atoms with van der Waals surface area (Å²) >= 11 is 0. The van der Waals surface area contributed by atoms with Crippen LogP contribution < -0.4 is 4.74 Å². The van der Waals surface area contributed by atoms with Crippen LogP contribution in [-0.4, -0.2) is 6.61 Å². The lowest BCUT2D eigenvalue weighted by molar-refractivity contribution is 0.311. The first-order valence-corrected chi connectivity index (χ1v) is 7.22. The Morgan fingerprint density at radius 3 is 2.57 bits per heavy atom. The Bertz CT molecular complexity index is 657. The zero-order valence-corrected chi connectivity index (χ0v) is 11.9. The predicted molar refractivity (Wildman–Crippen MR) is 84.4 cm³/mol. The van der Waals surface area contributed by atoms with Gasteiger partial charge in [0.2, 0.25) is 0 Å². The minimum Gasteiger partial charge on any atom is -0.494 e. The molecule has 21 heavy (non-hydrogen) atoms. The van der Waals surface area contributed by atoms with Crippen LogP contribution in [0.15, 0.2) is 77.4 Å². The largest absolute Gasteiger partial charge is 0.494 e. The molecule has 0 aliphatic rings. The third-order valence-corrected chi connectivity index (χ3v) is 3.36. The number of aryl methyl sites for hydroxylation is 1. The van der Waals surface area contributed by atoms with Crippen LogP contribution in [0.25, 0.3) is 11.3 Å². The van der Waals surface area contributed by atoms with E-state index in [-0.39, 0.29) is 0 Å². The molecule has 0 fully saturated rings. The molecule has 0 saturated carbocycles. The fourth-order valence-electron chi connectivity index (χ4n) is 2.29. The van der Waals surface area contributed by atoms with Gasteiger partial charge in [-0.05, 0) is 42.7 Å². The number of furan rings is 1. The molecule has 0 radical (unpaired) electrons. The molecule has 0 spiro atoms. The fourth-order valence-corrected chi connectivity index (χ4v) is 2.29. The van der Waals surface area contributed by atoms with Gasteiger partial charge in [0, 0.05) is 5.56 Å². The van der Waals surface area contributed by atoms with Crippen molar-refractivity contribution in [3.05, 3.63) is 78.6 Å². The lowest BCUT2D eigenvalue weighted by Gasteiger charge is -2.07. The Kier molecular flexibility index (Phi) is 4.37. The fraction of sp³-hybridized carbons (Fsp3) is 0.158. The second kappa shape index (κ2) is 6.80. The van der Waals surface area contributed by atoms with E-state index < -0.39 is 0 Å². The summed E-state index contributed by atoms with van der Waals surface area (Å²) in [6.45, 7) is 0.719. The lowest BCUT2D eigenvalue weighted by Crippen LogP contribution is -1.99. The van der Waals surface area contributed by atoms with E-state index in [0.717, 1.165) is 36.5 Å². The predicted octanol–water partition coefficient (Wildman–Crippen LogP) is 4.96. The minimum absolute atomic E-state index is 0.719. The number of rotatable bonds is 6. The van der Waals surface area contributed by atoms with Gasteiger partial charge >= 0.3 is 0 Å². The molecule has 0 bridgehead atoms. The van der Waals surface area contributed by atoms with Gasteiger partial charge in [0.15, 0.2) is 0 Å². The highest BCUT2D eigenvalue weighted by Gasteiger charge is 2.02. The standard InChI is InChI=1S/C19H18O2/c1-2-7-16(8-3-1)9-5-13-20-18-11-4-10-17(15-18)19-12-6-14-21-19/h1-4,6-8,10-12,14-15H,5,9,13H2. The summed E-state index contributed by atoms with van der Waals surface area (Å²) < 4.78 is 11.2. The van der Waals surface area contributed by atoms with Crippen molar-refractivity contribution in [1.29, 1.82) is 0 Å². The summed E-state index contributed by atoms with van der Waals surface area (Å²) in [4.78, 5) is 0. The maximum atomic E-state index is 5.82. The summed E-state index contributed by atoms with van der Waals surface area (Å²) in [5, 5.41) is 0. The quantitative estimate of drug-likeness (QED) is 0.595. The summed E-state index contributed by atoms with van der Waals surface area (Å²) in [6.07, 6.45) is 3.73. The maximum absolute atomic E-state index is 5.82. The van der Waals surface area contributed by atoms with E-state index in [1.54, 1.807) is 6.26 Å². The monoisotopic (exact) mass is 278 g/mol. The molecule has 0 aliphatic carbocycles. The Morgan fingerprint density at radius 2 is 1.76 bits per heavy atom. The van der Waals surface area contributed by atoms with Gasteiger partial charge in [0.25, 0.3) is 0 Å². The average molecular weight is 278 g/mol. The Labute approximate surface area is 125 Å². The van der Waals surface area contributed by atoms with Gasteiger partial charge < -0.3 is 9.15 Å². The normalized spacial score (nSPS) is 10.5. The van der Waals surface area contributed by atoms with E-state index in [1.165, 1.54) is 5.56 Å². The highest BCUT2D eigenvalue weighted by atomic mass is 16.5. The molecule has 2 heteroatoms. The molecule has 3 aromatic rings. The first-order valence-electron chi connectivity index (χ1n) is 7.22. The molecule has 0 atom stereocenters. The second-order valence-corrected chi connectivity index (χ2v) is 4.94. The molecule has 0 aliphatic heterocycles. The van der Waals surface area contributed by atoms with Crippen LogP contribution in [0, 0.1) is 0 Å². The zero-order valence-electron chi connectivity index (χ0n) is 11.9. The third-order valence-electron chi connectivity index (χ3n) is 3.36. The van der Waals surface area contributed by atoms with Gasteiger partial charge in [-0.3, -0.25) is 0 Å². The van der Waals surface area contributed by atoms with Crippen molar-refractivity contribution in [3.63, 3.8) is 0 Å². The molecule has 1 aromatic heterocycles. The van der Waals surface area contributed by atoms with Crippen molar-refractivity contribution < 1.29 is 9.15 Å². The van der Waals surface area contributed by atoms with Crippen LogP contribution >= 0.6 is 0 Å². The third kappa shape index (κ3) is 3.76. The van der Waals surface area contributed by atoms with Gasteiger partial charge in [-0.2, -0.15) is 0 Å². The van der Waals surface area contributed by atoms with Crippen molar-refractivity contribution in [2.24, 2.45) is 0 Å². The van der Waals surface area contributed by atoms with E-state index in [9.17, 15) is 0 Å². The summed E-state index contributed by atoms with van der Waals surface area (Å²) in [6, 6.07) is 22.3. The molecular formula is C19H18O2. The van der Waals surface area contributed by atoms with E-state index in [4.69, 9.17) is 9.15 Å². The molecule has 1 heterocycles. The first-order chi connectivity index (χ1) is 10.4. The molecule has 0 saturated heterocycles. The second-order valence-electron chi connectivity index (χ2n) is 4.94. The van der Waals surface area contributed by atoms with Crippen molar-refractivity contribution in [2.45, 2.75) is 12.8 Å². The van der Waals surface area contributed by atoms with Crippen molar-refractivity contribution >= 4 is 0 Å². The number of benzene rings is 2. The van der Waals surface area contributed by atoms with E-state index in [0.29, 0.717) is 0 Å². The SMILES string of the molecule is c1ccc(CCCOc2cccc(-c3ccco3)c2)cc1. The molecule has 106 valence electrons. The lowest BCUT2D eigenvalue weighted by atomic mass is 10.1. The van der Waals surface area contributed by atoms with Crippen LogP contribution in [0.1, 0.15) is 12.0 Å². The van der Waals surface area contributed by atoms with Crippen LogP contribution in [-0.2, 0) is 6.42 Å². The molecule has 2 aromatic carbocycles. The molecule has 0 N–H and O–H groups in total. The minimum atomic E-state index is 0.719. The Morgan fingerprint density at radius 1 is 0.857 bits per heavy atom. The van der Waals surface area contributed by atoms with Gasteiger partial charge in [-0.15, -0.1) is 0 Å². The Balaban J connectivity index is 1.53. The number of hydrogen-bond acceptors (Lipinski definition) is 2. The van der Waals surface area contributed by atoms with Gasteiger partial charge in [0.05, 0.1) is 12.9 Å². The zero-order chi connectivity index (χ0) is 14.3. The van der Waals surface area contributed by atoms with Gasteiger partial charge in [-0.1, -0.05) is 42.5 Å². The van der Waals surface area contributed by atoms with E-state index in [2.05, 4.69) is 24.3 Å². The highest BCUT2D eigenvalue weighted by molar-refractivity contribution is 5.59. The van der Waals surface area contributed by atoms with Crippen LogP contribution in [0.2, 0.25) is 0 Å². The molecular weight excluding hydrogens is 260 g/mol. The summed E-state index contributed by atoms with van der Waals surface area (Å²) in [5.41, 5.74) is 2.39. The molecule has 2 nitrogen and oxygen atoms in total. The van der Waals surface area contributed by atoms with Gasteiger partial charge in [-0.25, -0.2) is 0 Å². The highest BCUT2D eigenvalue weighted by Crippen LogP contribution is 2.24. The number of hydrogen-bond donors (Lipinski definition) is 0. The molecule has 0 amide bonds. The smallest absolute Gasteiger partial charge is 0.133 e. The van der Waals surface area contributed by atoms with Crippen molar-refractivity contribution in [2.75, 3.05) is 6.61 Å².